The van der Waals surface area contributed by atoms with Gasteiger partial charge < -0.3 is 20.3 Å². The van der Waals surface area contributed by atoms with Gasteiger partial charge in [-0.2, -0.15) is 5.10 Å². The van der Waals surface area contributed by atoms with Crippen LogP contribution in [0.1, 0.15) is 32.6 Å². The van der Waals surface area contributed by atoms with Gasteiger partial charge in [0.2, 0.25) is 0 Å². The Kier molecular flexibility index (Phi) is 6.61. The zero-order chi connectivity index (χ0) is 22.5. The lowest BCUT2D eigenvalue weighted by atomic mass is 9.95. The number of nitrogens with two attached hydrogens (primary N) is 1. The van der Waals surface area contributed by atoms with E-state index in [2.05, 4.69) is 10.2 Å². The number of aromatic nitrogens is 2. The fourth-order valence-corrected chi connectivity index (χ4v) is 3.93. The lowest BCUT2D eigenvalue weighted by Gasteiger charge is -2.30. The van der Waals surface area contributed by atoms with E-state index in [0.717, 1.165) is 24.0 Å². The second-order valence-electron chi connectivity index (χ2n) is 7.81. The minimum Gasteiger partial charge on any atom is -0.488 e. The summed E-state index contributed by atoms with van der Waals surface area (Å²) in [5, 5.41) is 16.7. The maximum absolute atomic E-state index is 13.0. The number of anilines is 3. The third-order valence-corrected chi connectivity index (χ3v) is 5.60. The van der Waals surface area contributed by atoms with E-state index in [0.29, 0.717) is 35.7 Å². The lowest BCUT2D eigenvalue weighted by molar-refractivity contribution is 0.0668. The molecule has 1 aliphatic carbocycles. The highest BCUT2D eigenvalue weighted by Crippen LogP contribution is 2.41. The number of para-hydroxylation sites is 2. The second kappa shape index (κ2) is 9.74. The molecule has 8 heteroatoms. The Balaban J connectivity index is 1.78. The summed E-state index contributed by atoms with van der Waals surface area (Å²) in [5.41, 5.74) is 9.54. The molecule has 0 bridgehead atoms. The van der Waals surface area contributed by atoms with E-state index >= 15 is 0 Å². The molecule has 8 nitrogen and oxygen atoms in total. The van der Waals surface area contributed by atoms with Crippen molar-refractivity contribution in [3.63, 3.8) is 0 Å². The molecular formula is C24H28N4O4. The molecule has 0 atom stereocenters. The van der Waals surface area contributed by atoms with Gasteiger partial charge in [0.1, 0.15) is 5.75 Å². The number of nitrogens with one attached hydrogen (secondary N) is 1. The molecule has 2 aromatic carbocycles. The minimum atomic E-state index is -0.537. The van der Waals surface area contributed by atoms with Gasteiger partial charge in [-0.1, -0.05) is 18.2 Å². The maximum atomic E-state index is 13.0. The van der Waals surface area contributed by atoms with E-state index in [9.17, 15) is 9.90 Å². The number of aliphatic hydroxyl groups excluding tert-OH is 1. The molecule has 3 aromatic rings. The summed E-state index contributed by atoms with van der Waals surface area (Å²) in [5.74, 6) is 0.543. The van der Waals surface area contributed by atoms with Crippen molar-refractivity contribution < 1.29 is 19.4 Å². The third-order valence-electron chi connectivity index (χ3n) is 5.60. The van der Waals surface area contributed by atoms with Crippen LogP contribution in [0.4, 0.5) is 21.9 Å². The highest BCUT2D eigenvalue weighted by atomic mass is 16.6. The van der Waals surface area contributed by atoms with Crippen molar-refractivity contribution in [3.05, 3.63) is 54.9 Å². The van der Waals surface area contributed by atoms with Gasteiger partial charge in [-0.3, -0.25) is 5.10 Å². The average molecular weight is 437 g/mol. The Bertz CT molecular complexity index is 1050. The fraction of sp³-hybridized carbons (Fsp3) is 0.333. The molecule has 1 fully saturated rings. The van der Waals surface area contributed by atoms with E-state index in [-0.39, 0.29) is 18.8 Å². The van der Waals surface area contributed by atoms with E-state index in [1.165, 1.54) is 4.90 Å². The summed E-state index contributed by atoms with van der Waals surface area (Å²) in [6, 6.07) is 12.8. The van der Waals surface area contributed by atoms with Gasteiger partial charge in [0.15, 0.2) is 0 Å². The molecule has 0 aliphatic heterocycles. The molecule has 1 saturated carbocycles. The van der Waals surface area contributed by atoms with Crippen LogP contribution in [-0.2, 0) is 4.74 Å². The molecule has 32 heavy (non-hydrogen) atoms. The number of carbonyl (C=O) groups is 1. The second-order valence-corrected chi connectivity index (χ2v) is 7.81. The first kappa shape index (κ1) is 21.7. The molecule has 1 aliphatic rings. The Morgan fingerprint density at radius 3 is 2.62 bits per heavy atom. The summed E-state index contributed by atoms with van der Waals surface area (Å²) < 4.78 is 11.8. The van der Waals surface area contributed by atoms with Crippen molar-refractivity contribution in [1.82, 2.24) is 10.2 Å². The van der Waals surface area contributed by atoms with Crippen LogP contribution in [0.2, 0.25) is 0 Å². The fourth-order valence-electron chi connectivity index (χ4n) is 3.93. The van der Waals surface area contributed by atoms with Gasteiger partial charge in [-0.05, 0) is 62.4 Å². The molecule has 1 amide bonds. The van der Waals surface area contributed by atoms with E-state index in [1.54, 1.807) is 31.5 Å². The number of benzene rings is 2. The molecule has 1 aromatic heterocycles. The summed E-state index contributed by atoms with van der Waals surface area (Å²) in [4.78, 5) is 14.5. The summed E-state index contributed by atoms with van der Waals surface area (Å²) in [7, 11) is 0. The zero-order valence-corrected chi connectivity index (χ0v) is 18.0. The molecule has 1 heterocycles. The minimum absolute atomic E-state index is 0.0612. The van der Waals surface area contributed by atoms with Crippen LogP contribution in [-0.4, -0.2) is 40.2 Å². The normalized spacial score (nSPS) is 18.2. The molecule has 4 N–H and O–H groups in total. The van der Waals surface area contributed by atoms with Gasteiger partial charge in [-0.15, -0.1) is 0 Å². The van der Waals surface area contributed by atoms with Crippen molar-refractivity contribution in [2.75, 3.05) is 17.2 Å². The van der Waals surface area contributed by atoms with Crippen molar-refractivity contribution >= 4 is 23.2 Å². The van der Waals surface area contributed by atoms with E-state index in [4.69, 9.17) is 15.2 Å². The highest BCUT2D eigenvalue weighted by molar-refractivity contribution is 6.01. The van der Waals surface area contributed by atoms with Crippen molar-refractivity contribution in [1.29, 1.82) is 0 Å². The number of nitrogens with zero attached hydrogens (tertiary/aromatic N) is 2. The number of rotatable bonds is 6. The molecule has 4 rings (SSSR count). The number of aliphatic hydroxyl groups is 1. The number of ether oxygens (including phenoxy) is 2. The number of carbonyl (C=O) groups excluding carboxylic acids is 1. The average Bonchev–Trinajstić information content (AvgIpc) is 3.33. The first-order chi connectivity index (χ1) is 15.6. The van der Waals surface area contributed by atoms with Crippen LogP contribution < -0.4 is 15.4 Å². The number of hydrogen-bond donors (Lipinski definition) is 3. The van der Waals surface area contributed by atoms with Crippen LogP contribution in [0.15, 0.2) is 54.9 Å². The van der Waals surface area contributed by atoms with Crippen LogP contribution in [0.3, 0.4) is 0 Å². The van der Waals surface area contributed by atoms with E-state index in [1.807, 2.05) is 30.3 Å². The molecule has 0 spiro atoms. The van der Waals surface area contributed by atoms with Gasteiger partial charge in [0, 0.05) is 11.8 Å². The summed E-state index contributed by atoms with van der Waals surface area (Å²) >= 11 is 0. The van der Waals surface area contributed by atoms with Crippen LogP contribution >= 0.6 is 0 Å². The van der Waals surface area contributed by atoms with Gasteiger partial charge in [0.05, 0.1) is 42.1 Å². The quantitative estimate of drug-likeness (QED) is 0.485. The molecule has 0 radical (unpaired) electrons. The largest absolute Gasteiger partial charge is 0.488 e. The third kappa shape index (κ3) is 4.70. The van der Waals surface area contributed by atoms with Gasteiger partial charge in [-0.25, -0.2) is 9.69 Å². The van der Waals surface area contributed by atoms with Crippen molar-refractivity contribution in [2.24, 2.45) is 0 Å². The Labute approximate surface area is 187 Å². The SMILES string of the molecule is CCOC(=O)N(c1ccccc1N)c1ccc(-c2cn[nH]c2)cc1OC1CCC(O)CC1. The molecule has 0 unspecified atom stereocenters. The van der Waals surface area contributed by atoms with Crippen molar-refractivity contribution in [3.8, 4) is 16.9 Å². The Hall–Kier alpha value is -3.52. The monoisotopic (exact) mass is 436 g/mol. The zero-order valence-electron chi connectivity index (χ0n) is 18.0. The van der Waals surface area contributed by atoms with Crippen LogP contribution in [0, 0.1) is 0 Å². The first-order valence-electron chi connectivity index (χ1n) is 10.9. The number of H-pyrrole nitrogens is 1. The first-order valence-corrected chi connectivity index (χ1v) is 10.9. The van der Waals surface area contributed by atoms with Gasteiger partial charge in [0.25, 0.3) is 0 Å². The summed E-state index contributed by atoms with van der Waals surface area (Å²) in [6.45, 7) is 1.99. The predicted octanol–water partition coefficient (Wildman–Crippen LogP) is 4.64. The number of amides is 1. The topological polar surface area (TPSA) is 114 Å². The lowest BCUT2D eigenvalue weighted by Crippen LogP contribution is -2.30. The van der Waals surface area contributed by atoms with Crippen molar-refractivity contribution in [2.45, 2.75) is 44.8 Å². The number of hydrogen-bond acceptors (Lipinski definition) is 6. The highest BCUT2D eigenvalue weighted by Gasteiger charge is 2.27. The number of aromatic amines is 1. The molecular weight excluding hydrogens is 408 g/mol. The van der Waals surface area contributed by atoms with Gasteiger partial charge >= 0.3 is 6.09 Å². The maximum Gasteiger partial charge on any atom is 0.419 e. The molecule has 0 saturated heterocycles. The number of nitrogen functional groups attached to an aromatic ring is 1. The smallest absolute Gasteiger partial charge is 0.419 e. The Morgan fingerprint density at radius 2 is 1.94 bits per heavy atom. The van der Waals surface area contributed by atoms with Crippen LogP contribution in [0.5, 0.6) is 5.75 Å². The van der Waals surface area contributed by atoms with Crippen LogP contribution in [0.25, 0.3) is 11.1 Å². The standard InChI is InChI=1S/C24H28N4O4/c1-2-31-24(30)28(21-6-4-3-5-20(21)25)22-12-7-16(17-14-26-27-15-17)13-23(22)32-19-10-8-18(29)9-11-19/h3-7,12-15,18-19,29H,2,8-11,25H2,1H3,(H,26,27). The molecule has 168 valence electrons. The predicted molar refractivity (Wildman–Crippen MR) is 123 cm³/mol. The summed E-state index contributed by atoms with van der Waals surface area (Å²) in [6.07, 6.45) is 5.50. The van der Waals surface area contributed by atoms with E-state index < -0.39 is 6.09 Å². The Morgan fingerprint density at radius 1 is 1.16 bits per heavy atom.